The van der Waals surface area contributed by atoms with Crippen LogP contribution in [-0.4, -0.2) is 69.9 Å². The molecule has 0 aromatic heterocycles. The van der Waals surface area contributed by atoms with Gasteiger partial charge in [0.1, 0.15) is 0 Å². The molecule has 0 aromatic rings. The highest BCUT2D eigenvalue weighted by molar-refractivity contribution is 7.91. The predicted octanol–water partition coefficient (Wildman–Crippen LogP) is -0.998. The zero-order valence-corrected chi connectivity index (χ0v) is 12.3. The van der Waals surface area contributed by atoms with Crippen molar-refractivity contribution in [2.24, 2.45) is 0 Å². The van der Waals surface area contributed by atoms with Gasteiger partial charge in [-0.3, -0.25) is 0 Å². The minimum Gasteiger partial charge on any atom is -0.334 e. The average Bonchev–Trinajstić information content (AvgIpc) is 2.80. The van der Waals surface area contributed by atoms with Crippen LogP contribution in [0.15, 0.2) is 0 Å². The summed E-state index contributed by atoms with van der Waals surface area (Å²) < 4.78 is 45.3. The molecule has 0 radical (unpaired) electrons. The quantitative estimate of drug-likeness (QED) is 0.705. The maximum atomic E-state index is 11.9. The summed E-state index contributed by atoms with van der Waals surface area (Å²) in [5.74, 6) is 0.155. The first-order valence-electron chi connectivity index (χ1n) is 6.13. The number of nitrogens with one attached hydrogen (secondary N) is 1. The second-order valence-corrected chi connectivity index (χ2v) is 9.67. The highest BCUT2D eigenvalue weighted by atomic mass is 32.2. The van der Waals surface area contributed by atoms with E-state index in [0.717, 1.165) is 0 Å². The van der Waals surface area contributed by atoms with Crippen LogP contribution in [0.3, 0.4) is 0 Å². The number of hydrogen-bond donors (Lipinski definition) is 1. The first kappa shape index (κ1) is 14.6. The van der Waals surface area contributed by atoms with Gasteiger partial charge in [-0.25, -0.2) is 21.6 Å². The lowest BCUT2D eigenvalue weighted by molar-refractivity contribution is 0.192. The van der Waals surface area contributed by atoms with Gasteiger partial charge >= 0.3 is 6.03 Å². The molecule has 9 heteroatoms. The van der Waals surface area contributed by atoms with E-state index >= 15 is 0 Å². The van der Waals surface area contributed by atoms with E-state index < -0.39 is 25.7 Å². The second kappa shape index (κ2) is 4.93. The molecule has 0 spiro atoms. The van der Waals surface area contributed by atoms with Crippen molar-refractivity contribution in [3.63, 3.8) is 0 Å². The topological polar surface area (TPSA) is 101 Å². The Morgan fingerprint density at radius 3 is 2.11 bits per heavy atom. The van der Waals surface area contributed by atoms with Gasteiger partial charge in [0.05, 0.1) is 23.0 Å². The van der Waals surface area contributed by atoms with E-state index in [1.807, 2.05) is 0 Å². The van der Waals surface area contributed by atoms with E-state index in [1.54, 1.807) is 7.05 Å². The summed E-state index contributed by atoms with van der Waals surface area (Å²) >= 11 is 0. The van der Waals surface area contributed by atoms with Crippen LogP contribution in [0.25, 0.3) is 0 Å². The number of amides is 2. The van der Waals surface area contributed by atoms with Crippen molar-refractivity contribution in [2.75, 3.05) is 30.1 Å². The average molecular weight is 310 g/mol. The first-order chi connectivity index (χ1) is 8.69. The van der Waals surface area contributed by atoms with Crippen molar-refractivity contribution in [3.8, 4) is 0 Å². The monoisotopic (exact) mass is 310 g/mol. The Morgan fingerprint density at radius 2 is 1.63 bits per heavy atom. The van der Waals surface area contributed by atoms with Crippen LogP contribution in [-0.2, 0) is 19.7 Å². The molecule has 0 aromatic carbocycles. The molecule has 7 nitrogen and oxygen atoms in total. The van der Waals surface area contributed by atoms with Crippen molar-refractivity contribution in [3.05, 3.63) is 0 Å². The summed E-state index contributed by atoms with van der Waals surface area (Å²) in [5.41, 5.74) is 0. The lowest BCUT2D eigenvalue weighted by Gasteiger charge is -2.25. The molecule has 2 heterocycles. The van der Waals surface area contributed by atoms with Gasteiger partial charge in [0.25, 0.3) is 0 Å². The zero-order chi connectivity index (χ0) is 14.3. The van der Waals surface area contributed by atoms with Crippen molar-refractivity contribution < 1.29 is 21.6 Å². The minimum atomic E-state index is -3.04. The summed E-state index contributed by atoms with van der Waals surface area (Å²) in [5, 5.41) is 2.65. The lowest BCUT2D eigenvalue weighted by Crippen LogP contribution is -2.48. The third-order valence-electron chi connectivity index (χ3n) is 3.64. The van der Waals surface area contributed by atoms with Crippen LogP contribution in [0.1, 0.15) is 12.8 Å². The Bertz CT molecular complexity index is 569. The molecule has 0 aliphatic carbocycles. The maximum Gasteiger partial charge on any atom is 0.317 e. The van der Waals surface area contributed by atoms with E-state index in [-0.39, 0.29) is 35.1 Å². The van der Waals surface area contributed by atoms with Crippen LogP contribution in [0.5, 0.6) is 0 Å². The van der Waals surface area contributed by atoms with Gasteiger partial charge in [-0.2, -0.15) is 0 Å². The molecular formula is C10H18N2O5S2. The molecule has 0 bridgehead atoms. The van der Waals surface area contributed by atoms with Crippen molar-refractivity contribution in [1.82, 2.24) is 10.2 Å². The number of sulfone groups is 2. The van der Waals surface area contributed by atoms with Gasteiger partial charge in [0, 0.05) is 19.1 Å². The largest absolute Gasteiger partial charge is 0.334 e. The molecule has 2 rings (SSSR count). The standard InChI is InChI=1S/C10H18N2O5S2/c1-12(9-3-5-19(16,17)7-9)10(13)11-8-2-4-18(14,15)6-8/h8-9H,2-7H2,1H3,(H,11,13). The van der Waals surface area contributed by atoms with E-state index in [1.165, 1.54) is 4.90 Å². The molecule has 2 aliphatic rings. The van der Waals surface area contributed by atoms with Crippen LogP contribution in [0.2, 0.25) is 0 Å². The Morgan fingerprint density at radius 1 is 1.05 bits per heavy atom. The molecule has 2 unspecified atom stereocenters. The molecule has 2 fully saturated rings. The SMILES string of the molecule is CN(C(=O)NC1CCS(=O)(=O)C1)C1CCS(=O)(=O)C1. The molecule has 2 aliphatic heterocycles. The van der Waals surface area contributed by atoms with Crippen LogP contribution in [0.4, 0.5) is 4.79 Å². The molecule has 19 heavy (non-hydrogen) atoms. The number of carbonyl (C=O) groups excluding carboxylic acids is 1. The van der Waals surface area contributed by atoms with Crippen molar-refractivity contribution in [2.45, 2.75) is 24.9 Å². The number of urea groups is 1. The van der Waals surface area contributed by atoms with Crippen molar-refractivity contribution in [1.29, 1.82) is 0 Å². The summed E-state index contributed by atoms with van der Waals surface area (Å²) in [4.78, 5) is 13.3. The Kier molecular flexibility index (Phi) is 3.78. The summed E-state index contributed by atoms with van der Waals surface area (Å²) in [6.45, 7) is 0. The van der Waals surface area contributed by atoms with Gasteiger partial charge in [-0.05, 0) is 12.8 Å². The third-order valence-corrected chi connectivity index (χ3v) is 7.15. The highest BCUT2D eigenvalue weighted by Gasteiger charge is 2.35. The van der Waals surface area contributed by atoms with E-state index in [9.17, 15) is 21.6 Å². The van der Waals surface area contributed by atoms with Crippen LogP contribution in [0, 0.1) is 0 Å². The van der Waals surface area contributed by atoms with E-state index in [4.69, 9.17) is 0 Å². The van der Waals surface area contributed by atoms with E-state index in [2.05, 4.69) is 5.32 Å². The Hall–Kier alpha value is -0.830. The normalized spacial score (nSPS) is 32.1. The number of hydrogen-bond acceptors (Lipinski definition) is 5. The van der Waals surface area contributed by atoms with Crippen molar-refractivity contribution >= 4 is 25.7 Å². The van der Waals surface area contributed by atoms with E-state index in [0.29, 0.717) is 12.8 Å². The van der Waals surface area contributed by atoms with Gasteiger partial charge in [-0.1, -0.05) is 0 Å². The van der Waals surface area contributed by atoms with Gasteiger partial charge in [0.2, 0.25) is 0 Å². The first-order valence-corrected chi connectivity index (χ1v) is 9.77. The molecule has 110 valence electrons. The minimum absolute atomic E-state index is 0.0140. The fraction of sp³-hybridized carbons (Fsp3) is 0.900. The van der Waals surface area contributed by atoms with Crippen LogP contribution < -0.4 is 5.32 Å². The summed E-state index contributed by atoms with van der Waals surface area (Å²) in [6, 6.07) is -1.08. The van der Waals surface area contributed by atoms with Gasteiger partial charge < -0.3 is 10.2 Å². The predicted molar refractivity (Wildman–Crippen MR) is 70.4 cm³/mol. The number of nitrogens with zero attached hydrogens (tertiary/aromatic N) is 1. The smallest absolute Gasteiger partial charge is 0.317 e. The second-order valence-electron chi connectivity index (χ2n) is 5.22. The number of carbonyl (C=O) groups is 1. The Labute approximate surface area is 113 Å². The molecular weight excluding hydrogens is 292 g/mol. The summed E-state index contributed by atoms with van der Waals surface area (Å²) in [6.07, 6.45) is 0.861. The molecule has 1 N–H and O–H groups in total. The molecule has 2 amide bonds. The molecule has 2 saturated heterocycles. The molecule has 2 atom stereocenters. The van der Waals surface area contributed by atoms with Crippen LogP contribution >= 0.6 is 0 Å². The fourth-order valence-corrected chi connectivity index (χ4v) is 5.88. The molecule has 0 saturated carbocycles. The Balaban J connectivity index is 1.90. The zero-order valence-electron chi connectivity index (χ0n) is 10.7. The summed E-state index contributed by atoms with van der Waals surface area (Å²) in [7, 11) is -4.52. The highest BCUT2D eigenvalue weighted by Crippen LogP contribution is 2.17. The maximum absolute atomic E-state index is 11.9. The lowest BCUT2D eigenvalue weighted by atomic mass is 10.2. The number of rotatable bonds is 2. The van der Waals surface area contributed by atoms with Gasteiger partial charge in [-0.15, -0.1) is 0 Å². The third kappa shape index (κ3) is 3.59. The van der Waals surface area contributed by atoms with Gasteiger partial charge in [0.15, 0.2) is 19.7 Å². The fourth-order valence-electron chi connectivity index (χ4n) is 2.43.